The first-order chi connectivity index (χ1) is 13.1. The number of thiazole rings is 1. The van der Waals surface area contributed by atoms with Crippen LogP contribution in [0.1, 0.15) is 28.0 Å². The van der Waals surface area contributed by atoms with Crippen molar-refractivity contribution in [3.8, 4) is 0 Å². The van der Waals surface area contributed by atoms with Gasteiger partial charge in [0, 0.05) is 12.6 Å². The number of nitrogens with zero attached hydrogens (tertiary/aromatic N) is 4. The molecule has 0 fully saturated rings. The van der Waals surface area contributed by atoms with E-state index in [2.05, 4.69) is 9.97 Å². The summed E-state index contributed by atoms with van der Waals surface area (Å²) >= 11 is 0.162. The van der Waals surface area contributed by atoms with Crippen LogP contribution in [0.5, 0.6) is 0 Å². The van der Waals surface area contributed by atoms with Crippen LogP contribution >= 0.6 is 11.3 Å². The Bertz CT molecular complexity index is 1090. The van der Waals surface area contributed by atoms with Crippen LogP contribution in [0.25, 0.3) is 4.96 Å². The minimum Gasteiger partial charge on any atom is -0.364 e. The number of amides is 1. The number of primary amides is 1. The van der Waals surface area contributed by atoms with Crippen molar-refractivity contribution >= 4 is 28.0 Å². The van der Waals surface area contributed by atoms with Crippen molar-refractivity contribution in [1.82, 2.24) is 14.4 Å². The lowest BCUT2D eigenvalue weighted by Crippen LogP contribution is -2.27. The highest BCUT2D eigenvalue weighted by molar-refractivity contribution is 7.17. The minimum atomic E-state index is -4.86. The third kappa shape index (κ3) is 3.67. The summed E-state index contributed by atoms with van der Waals surface area (Å²) in [6.45, 7) is 2.25. The number of nitrogens with two attached hydrogens (primary N) is 1. The van der Waals surface area contributed by atoms with Gasteiger partial charge in [0.1, 0.15) is 22.2 Å². The fourth-order valence-electron chi connectivity index (χ4n) is 2.62. The highest BCUT2D eigenvalue weighted by atomic mass is 32.1. The Morgan fingerprint density at radius 1 is 1.36 bits per heavy atom. The number of carbonyl (C=O) groups is 1. The van der Waals surface area contributed by atoms with E-state index in [-0.39, 0.29) is 28.5 Å². The number of carbonyl (C=O) groups excluding carboxylic acids is 1. The van der Waals surface area contributed by atoms with Gasteiger partial charge in [-0.3, -0.25) is 9.59 Å². The molecule has 0 aromatic carbocycles. The van der Waals surface area contributed by atoms with Gasteiger partial charge in [0.15, 0.2) is 4.96 Å². The van der Waals surface area contributed by atoms with E-state index in [0.29, 0.717) is 16.8 Å². The summed E-state index contributed by atoms with van der Waals surface area (Å²) in [5, 5.41) is 0. The number of fused-ring (bicyclic) bond motifs is 1. The Morgan fingerprint density at radius 2 is 2.07 bits per heavy atom. The van der Waals surface area contributed by atoms with Gasteiger partial charge in [-0.15, -0.1) is 0 Å². The molecular formula is C16H13F4N5O2S. The zero-order valence-electron chi connectivity index (χ0n) is 14.3. The predicted molar refractivity (Wildman–Crippen MR) is 93.8 cm³/mol. The van der Waals surface area contributed by atoms with Crippen LogP contribution in [0, 0.1) is 5.82 Å². The summed E-state index contributed by atoms with van der Waals surface area (Å²) in [5.41, 5.74) is 3.42. The molecule has 148 valence electrons. The van der Waals surface area contributed by atoms with E-state index < -0.39 is 34.0 Å². The van der Waals surface area contributed by atoms with Crippen molar-refractivity contribution in [1.29, 1.82) is 0 Å². The topological polar surface area (TPSA) is 93.6 Å². The molecule has 0 spiro atoms. The predicted octanol–water partition coefficient (Wildman–Crippen LogP) is 2.43. The smallest absolute Gasteiger partial charge is 0.364 e. The average molecular weight is 415 g/mol. The monoisotopic (exact) mass is 415 g/mol. The molecule has 3 heterocycles. The molecular weight excluding hydrogens is 402 g/mol. The Morgan fingerprint density at radius 3 is 2.61 bits per heavy atom. The minimum absolute atomic E-state index is 0.0476. The Labute approximate surface area is 159 Å². The van der Waals surface area contributed by atoms with Gasteiger partial charge in [-0.2, -0.15) is 13.2 Å². The van der Waals surface area contributed by atoms with Gasteiger partial charge in [-0.05, 0) is 19.1 Å². The number of rotatable bonds is 5. The van der Waals surface area contributed by atoms with Gasteiger partial charge < -0.3 is 10.6 Å². The van der Waals surface area contributed by atoms with Crippen LogP contribution in [0.15, 0.2) is 29.2 Å². The molecule has 3 rings (SSSR count). The zero-order chi connectivity index (χ0) is 20.6. The molecule has 0 bridgehead atoms. The number of hydrogen-bond acceptors (Lipinski definition) is 6. The number of hydrogen-bond donors (Lipinski definition) is 1. The van der Waals surface area contributed by atoms with Crippen molar-refractivity contribution in [2.75, 3.05) is 11.4 Å². The molecule has 0 saturated heterocycles. The van der Waals surface area contributed by atoms with Crippen LogP contribution < -0.4 is 16.2 Å². The van der Waals surface area contributed by atoms with Gasteiger partial charge in [-0.1, -0.05) is 11.3 Å². The Kier molecular flexibility index (Phi) is 5.06. The van der Waals surface area contributed by atoms with E-state index in [4.69, 9.17) is 5.73 Å². The second-order valence-electron chi connectivity index (χ2n) is 5.69. The standard InChI is InChI=1S/C16H13F4N5O2S/c1-2-24(10-4-3-8(17)6-22-10)7-9-5-11(26)25-12(14(21)27)13(16(18,19)20)28-15(25)23-9/h3-6H,2,7H2,1H3,(H2,21,27). The number of alkyl halides is 3. The molecule has 0 aliphatic carbocycles. The first-order valence-corrected chi connectivity index (χ1v) is 8.72. The van der Waals surface area contributed by atoms with Gasteiger partial charge in [-0.25, -0.2) is 18.8 Å². The van der Waals surface area contributed by atoms with E-state index in [9.17, 15) is 27.2 Å². The SMILES string of the molecule is CCN(Cc1cc(=O)n2c(C(N)=O)c(C(F)(F)F)sc2n1)c1ccc(F)cn1. The molecule has 0 saturated carbocycles. The largest absolute Gasteiger partial charge is 0.427 e. The Hall–Kier alpha value is -3.02. The molecule has 3 aromatic rings. The summed E-state index contributed by atoms with van der Waals surface area (Å²) in [5.74, 6) is -1.48. The highest BCUT2D eigenvalue weighted by Crippen LogP contribution is 2.37. The van der Waals surface area contributed by atoms with Crippen LogP contribution in [-0.2, 0) is 12.7 Å². The molecule has 3 aromatic heterocycles. The number of pyridine rings is 1. The highest BCUT2D eigenvalue weighted by Gasteiger charge is 2.39. The Balaban J connectivity index is 2.07. The summed E-state index contributed by atoms with van der Waals surface area (Å²) in [6.07, 6.45) is -3.83. The molecule has 12 heteroatoms. The van der Waals surface area contributed by atoms with E-state index >= 15 is 0 Å². The molecule has 0 radical (unpaired) electrons. The van der Waals surface area contributed by atoms with Crippen LogP contribution in [0.2, 0.25) is 0 Å². The lowest BCUT2D eigenvalue weighted by Gasteiger charge is -2.21. The van der Waals surface area contributed by atoms with Crippen molar-refractivity contribution in [2.45, 2.75) is 19.6 Å². The second-order valence-corrected chi connectivity index (χ2v) is 6.67. The quantitative estimate of drug-likeness (QED) is 0.646. The third-order valence-electron chi connectivity index (χ3n) is 3.83. The molecule has 0 aliphatic heterocycles. The van der Waals surface area contributed by atoms with Gasteiger partial charge in [0.2, 0.25) is 0 Å². The van der Waals surface area contributed by atoms with Crippen molar-refractivity contribution in [3.05, 3.63) is 56.8 Å². The van der Waals surface area contributed by atoms with E-state index in [1.54, 1.807) is 11.8 Å². The van der Waals surface area contributed by atoms with Crippen molar-refractivity contribution in [2.24, 2.45) is 5.73 Å². The number of anilines is 1. The first-order valence-electron chi connectivity index (χ1n) is 7.90. The maximum absolute atomic E-state index is 13.2. The van der Waals surface area contributed by atoms with Gasteiger partial charge >= 0.3 is 6.18 Å². The zero-order valence-corrected chi connectivity index (χ0v) is 15.1. The van der Waals surface area contributed by atoms with Gasteiger partial charge in [0.05, 0.1) is 18.4 Å². The lowest BCUT2D eigenvalue weighted by atomic mass is 10.3. The molecule has 0 atom stereocenters. The van der Waals surface area contributed by atoms with Crippen LogP contribution in [0.3, 0.4) is 0 Å². The summed E-state index contributed by atoms with van der Waals surface area (Å²) in [7, 11) is 0. The maximum Gasteiger partial charge on any atom is 0.427 e. The van der Waals surface area contributed by atoms with E-state index in [1.165, 1.54) is 12.1 Å². The molecule has 2 N–H and O–H groups in total. The van der Waals surface area contributed by atoms with Gasteiger partial charge in [0.25, 0.3) is 11.5 Å². The fraction of sp³-hybridized carbons (Fsp3) is 0.250. The molecule has 7 nitrogen and oxygen atoms in total. The first kappa shape index (κ1) is 19.7. The molecule has 0 unspecified atom stereocenters. The third-order valence-corrected chi connectivity index (χ3v) is 4.92. The second kappa shape index (κ2) is 7.19. The molecule has 28 heavy (non-hydrogen) atoms. The normalized spacial score (nSPS) is 11.8. The van der Waals surface area contributed by atoms with E-state index in [1.807, 2.05) is 0 Å². The van der Waals surface area contributed by atoms with Crippen LogP contribution in [0.4, 0.5) is 23.4 Å². The summed E-state index contributed by atoms with van der Waals surface area (Å²) in [4.78, 5) is 32.0. The van der Waals surface area contributed by atoms with Crippen LogP contribution in [-0.4, -0.2) is 26.8 Å². The molecule has 1 amide bonds. The van der Waals surface area contributed by atoms with Crippen molar-refractivity contribution < 1.29 is 22.4 Å². The summed E-state index contributed by atoms with van der Waals surface area (Å²) in [6, 6.07) is 3.67. The summed E-state index contributed by atoms with van der Waals surface area (Å²) < 4.78 is 53.2. The number of halogens is 4. The van der Waals surface area contributed by atoms with E-state index in [0.717, 1.165) is 12.3 Å². The lowest BCUT2D eigenvalue weighted by molar-refractivity contribution is -0.134. The van der Waals surface area contributed by atoms with Crippen molar-refractivity contribution in [3.63, 3.8) is 0 Å². The maximum atomic E-state index is 13.2. The molecule has 0 aliphatic rings. The fourth-order valence-corrected chi connectivity index (χ4v) is 3.64. The number of aromatic nitrogens is 3. The average Bonchev–Trinajstić information content (AvgIpc) is 3.01.